The summed E-state index contributed by atoms with van der Waals surface area (Å²) in [5.41, 5.74) is -1.81. The van der Waals surface area contributed by atoms with Gasteiger partial charge in [-0.25, -0.2) is 28.8 Å². The lowest BCUT2D eigenvalue weighted by Gasteiger charge is -2.34. The van der Waals surface area contributed by atoms with Crippen LogP contribution in [0.5, 0.6) is 0 Å². The number of carboxylic acid groups (broad SMARTS) is 2. The molecule has 0 aromatic heterocycles. The van der Waals surface area contributed by atoms with Crippen molar-refractivity contribution >= 4 is 42.1 Å². The molecule has 4 rings (SSSR count). The van der Waals surface area contributed by atoms with Gasteiger partial charge in [-0.3, -0.25) is 9.69 Å². The second-order valence-electron chi connectivity index (χ2n) is 18.6. The molecule has 2 aliphatic heterocycles. The quantitative estimate of drug-likeness (QED) is 0.150. The molecule has 338 valence electrons. The van der Waals surface area contributed by atoms with Gasteiger partial charge < -0.3 is 54.9 Å². The number of nitrogens with zero attached hydrogens (tertiary/aromatic N) is 2. The molecule has 0 radical (unpaired) electrons. The SMILES string of the molecule is CC(C)(C)[C@H](NC(=O)OC1CCCC1)C(=O)N1C[C@H](O)C[C@H]1C(=O)O.CC(C)(C)[C@H](NC(=O)OC1CCCC1)C(=O)O.COC(=O)[C@@H]1C[C@@H](O)CN1C(=O)OC(C)(C)C. The number of esters is 1. The van der Waals surface area contributed by atoms with Gasteiger partial charge in [-0.15, -0.1) is 0 Å². The number of ether oxygens (including phenoxy) is 4. The molecule has 0 spiro atoms. The number of methoxy groups -OCH3 is 1. The van der Waals surface area contributed by atoms with Crippen LogP contribution in [-0.4, -0.2) is 147 Å². The highest BCUT2D eigenvalue weighted by Gasteiger charge is 2.45. The zero-order chi connectivity index (χ0) is 45.0. The number of carbonyl (C=O) groups is 7. The molecule has 0 unspecified atom stereocenters. The van der Waals surface area contributed by atoms with Crippen molar-refractivity contribution in [1.29, 1.82) is 0 Å². The molecule has 2 saturated carbocycles. The van der Waals surface area contributed by atoms with E-state index in [1.54, 1.807) is 62.3 Å². The molecular formula is C40H68N4O15. The summed E-state index contributed by atoms with van der Waals surface area (Å²) >= 11 is 0. The first kappa shape index (κ1) is 50.8. The van der Waals surface area contributed by atoms with E-state index in [-0.39, 0.29) is 38.1 Å². The molecule has 0 aromatic rings. The van der Waals surface area contributed by atoms with E-state index in [9.17, 15) is 48.9 Å². The Morgan fingerprint density at radius 2 is 1.03 bits per heavy atom. The number of alkyl carbamates (subject to hydrolysis) is 2. The second kappa shape index (κ2) is 21.7. The Morgan fingerprint density at radius 1 is 0.627 bits per heavy atom. The molecule has 2 aliphatic carbocycles. The maximum absolute atomic E-state index is 12.9. The fourth-order valence-corrected chi connectivity index (χ4v) is 7.07. The normalized spacial score (nSPS) is 23.4. The first-order chi connectivity index (χ1) is 27.1. The van der Waals surface area contributed by atoms with Crippen molar-refractivity contribution in [2.24, 2.45) is 10.8 Å². The lowest BCUT2D eigenvalue weighted by molar-refractivity contribution is -0.150. The van der Waals surface area contributed by atoms with Crippen LogP contribution in [0.1, 0.15) is 127 Å². The first-order valence-electron chi connectivity index (χ1n) is 20.3. The van der Waals surface area contributed by atoms with Gasteiger partial charge in [0.1, 0.15) is 42.0 Å². The minimum absolute atomic E-state index is 0.00947. The summed E-state index contributed by atoms with van der Waals surface area (Å²) in [5.74, 6) is -3.25. The molecular weight excluding hydrogens is 776 g/mol. The molecule has 4 amide bonds. The summed E-state index contributed by atoms with van der Waals surface area (Å²) in [7, 11) is 1.25. The smallest absolute Gasteiger partial charge is 0.411 e. The summed E-state index contributed by atoms with van der Waals surface area (Å²) < 4.78 is 20.3. The number of aliphatic carboxylic acids is 2. The van der Waals surface area contributed by atoms with E-state index < -0.39 is 94.9 Å². The number of nitrogens with one attached hydrogen (secondary N) is 2. The number of aliphatic hydroxyl groups excluding tert-OH is 2. The summed E-state index contributed by atoms with van der Waals surface area (Å²) in [4.78, 5) is 84.7. The number of carbonyl (C=O) groups excluding carboxylic acids is 5. The van der Waals surface area contributed by atoms with E-state index in [1.165, 1.54) is 12.0 Å². The van der Waals surface area contributed by atoms with E-state index >= 15 is 0 Å². The van der Waals surface area contributed by atoms with Gasteiger partial charge in [0, 0.05) is 19.4 Å². The summed E-state index contributed by atoms with van der Waals surface area (Å²) in [6, 6.07) is -3.71. The number of aliphatic hydroxyl groups is 2. The van der Waals surface area contributed by atoms with Gasteiger partial charge in [-0.2, -0.15) is 0 Å². The summed E-state index contributed by atoms with van der Waals surface area (Å²) in [6.45, 7) is 15.9. The predicted octanol–water partition coefficient (Wildman–Crippen LogP) is 3.80. The minimum atomic E-state index is -1.16. The molecule has 19 heteroatoms. The molecule has 59 heavy (non-hydrogen) atoms. The van der Waals surface area contributed by atoms with Crippen LogP contribution in [0.15, 0.2) is 0 Å². The highest BCUT2D eigenvalue weighted by molar-refractivity contribution is 5.90. The third-order valence-electron chi connectivity index (χ3n) is 10.1. The average molecular weight is 845 g/mol. The maximum atomic E-state index is 12.9. The van der Waals surface area contributed by atoms with Crippen LogP contribution in [0, 0.1) is 10.8 Å². The topological polar surface area (TPSA) is 268 Å². The fourth-order valence-electron chi connectivity index (χ4n) is 7.07. The zero-order valence-corrected chi connectivity index (χ0v) is 36.3. The Morgan fingerprint density at radius 3 is 1.41 bits per heavy atom. The fraction of sp³-hybridized carbons (Fsp3) is 0.825. The number of hydrogen-bond acceptors (Lipinski definition) is 13. The van der Waals surface area contributed by atoms with E-state index in [1.807, 2.05) is 0 Å². The van der Waals surface area contributed by atoms with Gasteiger partial charge in [0.05, 0.1) is 25.9 Å². The van der Waals surface area contributed by atoms with Crippen molar-refractivity contribution in [3.63, 3.8) is 0 Å². The number of amides is 4. The van der Waals surface area contributed by atoms with E-state index in [0.717, 1.165) is 56.3 Å². The highest BCUT2D eigenvalue weighted by atomic mass is 16.6. The number of hydrogen-bond donors (Lipinski definition) is 6. The predicted molar refractivity (Wildman–Crippen MR) is 211 cm³/mol. The number of β-amino-alcohol motifs (C(OH)–C–C–N with tert-alkyl or cyclic N) is 2. The van der Waals surface area contributed by atoms with Crippen molar-refractivity contribution in [3.05, 3.63) is 0 Å². The Bertz CT molecular complexity index is 1460. The molecule has 0 bridgehead atoms. The van der Waals surface area contributed by atoms with Crippen LogP contribution in [-0.2, 0) is 38.1 Å². The molecule has 19 nitrogen and oxygen atoms in total. The van der Waals surface area contributed by atoms with Crippen LogP contribution in [0.2, 0.25) is 0 Å². The third kappa shape index (κ3) is 16.6. The third-order valence-corrected chi connectivity index (χ3v) is 10.1. The molecule has 2 saturated heterocycles. The molecule has 6 N–H and O–H groups in total. The van der Waals surface area contributed by atoms with E-state index in [0.29, 0.717) is 0 Å². The van der Waals surface area contributed by atoms with Crippen LogP contribution < -0.4 is 10.6 Å². The zero-order valence-electron chi connectivity index (χ0n) is 36.3. The van der Waals surface area contributed by atoms with E-state index in [4.69, 9.17) is 19.3 Å². The van der Waals surface area contributed by atoms with Crippen molar-refractivity contribution in [1.82, 2.24) is 20.4 Å². The molecule has 6 atom stereocenters. The highest BCUT2D eigenvalue weighted by Crippen LogP contribution is 2.28. The second-order valence-corrected chi connectivity index (χ2v) is 18.6. The van der Waals surface area contributed by atoms with Crippen LogP contribution >= 0.6 is 0 Å². The van der Waals surface area contributed by atoms with Gasteiger partial charge in [0.25, 0.3) is 0 Å². The largest absolute Gasteiger partial charge is 0.480 e. The van der Waals surface area contributed by atoms with Crippen LogP contribution in [0.3, 0.4) is 0 Å². The Hall–Kier alpha value is -4.39. The van der Waals surface area contributed by atoms with Crippen molar-refractivity contribution in [3.8, 4) is 0 Å². The number of rotatable bonds is 8. The molecule has 0 aromatic carbocycles. The number of carboxylic acids is 2. The van der Waals surface area contributed by atoms with Crippen molar-refractivity contribution < 1.29 is 72.9 Å². The number of likely N-dealkylation sites (tertiary alicyclic amines) is 2. The lowest BCUT2D eigenvalue weighted by atomic mass is 9.85. The van der Waals surface area contributed by atoms with Crippen LogP contribution in [0.4, 0.5) is 14.4 Å². The average Bonchev–Trinajstić information content (AvgIpc) is 3.93. The van der Waals surface area contributed by atoms with Crippen molar-refractivity contribution in [2.45, 2.75) is 181 Å². The molecule has 4 aliphatic rings. The Balaban J connectivity index is 0.000000315. The van der Waals surface area contributed by atoms with E-state index in [2.05, 4.69) is 15.4 Å². The minimum Gasteiger partial charge on any atom is -0.480 e. The maximum Gasteiger partial charge on any atom is 0.411 e. The molecule has 4 fully saturated rings. The van der Waals surface area contributed by atoms with Gasteiger partial charge >= 0.3 is 36.2 Å². The first-order valence-corrected chi connectivity index (χ1v) is 20.3. The summed E-state index contributed by atoms with van der Waals surface area (Å²) in [6.07, 6.45) is 4.08. The Kier molecular flexibility index (Phi) is 18.7. The van der Waals surface area contributed by atoms with Gasteiger partial charge in [-0.1, -0.05) is 41.5 Å². The van der Waals surface area contributed by atoms with Gasteiger partial charge in [-0.05, 0) is 83.0 Å². The lowest BCUT2D eigenvalue weighted by Crippen LogP contribution is -2.57. The standard InChI is InChI=1S/C17H28N2O6.C12H21NO4.C11H19NO5/c1-17(2,3)13(18-16(24)25-11-6-4-5-7-11)14(21)19-9-10(20)8-12(19)15(22)23;1-12(2,3)9(10(14)15)13-11(16)17-8-6-4-5-7-8;1-11(2,3)17-10(15)12-6-7(13)5-8(12)9(14)16-4/h10-13,20H,4-9H2,1-3H3,(H,18,24)(H,22,23);8-9H,4-7H2,1-3H3,(H,13,16)(H,14,15);7-8,13H,5-6H2,1-4H3/t10-,12+,13-;9-;7-,8+/m111/s1. The Labute approximate surface area is 346 Å². The monoisotopic (exact) mass is 844 g/mol. The van der Waals surface area contributed by atoms with Gasteiger partial charge in [0.2, 0.25) is 5.91 Å². The van der Waals surface area contributed by atoms with Crippen molar-refractivity contribution in [2.75, 3.05) is 20.2 Å². The van der Waals surface area contributed by atoms with Gasteiger partial charge in [0.15, 0.2) is 0 Å². The molecule has 2 heterocycles. The summed E-state index contributed by atoms with van der Waals surface area (Å²) in [5, 5.41) is 42.6. The van der Waals surface area contributed by atoms with Crippen LogP contribution in [0.25, 0.3) is 0 Å².